The molecular weight excluding hydrogens is 190 g/mol. The lowest BCUT2D eigenvalue weighted by atomic mass is 9.93. The van der Waals surface area contributed by atoms with Crippen LogP contribution in [0.3, 0.4) is 0 Å². The van der Waals surface area contributed by atoms with E-state index in [1.165, 1.54) is 11.1 Å². The van der Waals surface area contributed by atoms with Gasteiger partial charge in [0.1, 0.15) is 0 Å². The molecule has 2 rings (SSSR count). The maximum atomic E-state index is 6.01. The molecule has 0 saturated heterocycles. The fourth-order valence-corrected chi connectivity index (χ4v) is 1.77. The molecule has 0 amide bonds. The van der Waals surface area contributed by atoms with Gasteiger partial charge in [-0.2, -0.15) is 0 Å². The summed E-state index contributed by atoms with van der Waals surface area (Å²) in [7, 11) is 0. The first kappa shape index (κ1) is 10.3. The van der Waals surface area contributed by atoms with Gasteiger partial charge in [-0.25, -0.2) is 0 Å². The van der Waals surface area contributed by atoms with Crippen LogP contribution < -0.4 is 15.2 Å². The van der Waals surface area contributed by atoms with Crippen LogP contribution in [0.4, 0.5) is 0 Å². The van der Waals surface area contributed by atoms with Gasteiger partial charge in [0.25, 0.3) is 0 Å². The number of rotatable bonds is 2. The van der Waals surface area contributed by atoms with E-state index in [4.69, 9.17) is 15.2 Å². The summed E-state index contributed by atoms with van der Waals surface area (Å²) in [6.07, 6.45) is 0.843. The van der Waals surface area contributed by atoms with E-state index in [1.54, 1.807) is 0 Å². The molecule has 3 nitrogen and oxygen atoms in total. The Morgan fingerprint density at radius 3 is 2.47 bits per heavy atom. The summed E-state index contributed by atoms with van der Waals surface area (Å²) < 4.78 is 10.7. The Morgan fingerprint density at radius 2 is 1.87 bits per heavy atom. The second-order valence-corrected chi connectivity index (χ2v) is 4.80. The Balaban J connectivity index is 2.33. The molecule has 2 N–H and O–H groups in total. The molecule has 0 aliphatic carbocycles. The van der Waals surface area contributed by atoms with Gasteiger partial charge in [-0.05, 0) is 50.5 Å². The van der Waals surface area contributed by atoms with Crippen LogP contribution in [0.1, 0.15) is 25.0 Å². The van der Waals surface area contributed by atoms with E-state index in [2.05, 4.69) is 6.92 Å². The highest BCUT2D eigenvalue weighted by Gasteiger charge is 2.19. The zero-order valence-corrected chi connectivity index (χ0v) is 9.46. The second-order valence-electron chi connectivity index (χ2n) is 4.80. The molecule has 1 heterocycles. The van der Waals surface area contributed by atoms with Gasteiger partial charge in [0.05, 0.1) is 0 Å². The third-order valence-electron chi connectivity index (χ3n) is 2.48. The highest BCUT2D eigenvalue weighted by atomic mass is 16.7. The average Bonchev–Trinajstić information content (AvgIpc) is 2.49. The van der Waals surface area contributed by atoms with Crippen molar-refractivity contribution in [1.82, 2.24) is 0 Å². The summed E-state index contributed by atoms with van der Waals surface area (Å²) >= 11 is 0. The zero-order valence-electron chi connectivity index (χ0n) is 9.46. The van der Waals surface area contributed by atoms with Gasteiger partial charge in [0.15, 0.2) is 11.5 Å². The third-order valence-corrected chi connectivity index (χ3v) is 2.48. The van der Waals surface area contributed by atoms with Crippen LogP contribution in [0.25, 0.3) is 0 Å². The molecule has 0 aromatic heterocycles. The van der Waals surface area contributed by atoms with Crippen LogP contribution in [-0.2, 0) is 6.42 Å². The van der Waals surface area contributed by atoms with Crippen molar-refractivity contribution in [2.75, 3.05) is 6.79 Å². The standard InChI is InChI=1S/C12H17NO2/c1-8-4-10-11(15-7-14-10)5-9(8)6-12(2,3)13/h4-5H,6-7,13H2,1-3H3. The van der Waals surface area contributed by atoms with Gasteiger partial charge in [0, 0.05) is 5.54 Å². The molecule has 1 aliphatic heterocycles. The van der Waals surface area contributed by atoms with Crippen molar-refractivity contribution in [1.29, 1.82) is 0 Å². The second kappa shape index (κ2) is 3.42. The van der Waals surface area contributed by atoms with E-state index in [-0.39, 0.29) is 5.54 Å². The van der Waals surface area contributed by atoms with Crippen LogP contribution in [0.5, 0.6) is 11.5 Å². The summed E-state index contributed by atoms with van der Waals surface area (Å²) in [5.74, 6) is 1.67. The van der Waals surface area contributed by atoms with E-state index in [1.807, 2.05) is 26.0 Å². The minimum Gasteiger partial charge on any atom is -0.454 e. The number of ether oxygens (including phenoxy) is 2. The van der Waals surface area contributed by atoms with Crippen LogP contribution >= 0.6 is 0 Å². The molecule has 0 atom stereocenters. The van der Waals surface area contributed by atoms with E-state index < -0.39 is 0 Å². The van der Waals surface area contributed by atoms with Crippen molar-refractivity contribution in [3.63, 3.8) is 0 Å². The highest BCUT2D eigenvalue weighted by molar-refractivity contribution is 5.48. The van der Waals surface area contributed by atoms with Crippen molar-refractivity contribution in [2.24, 2.45) is 5.73 Å². The van der Waals surface area contributed by atoms with E-state index in [0.29, 0.717) is 6.79 Å². The largest absolute Gasteiger partial charge is 0.454 e. The van der Waals surface area contributed by atoms with Crippen LogP contribution in [0.15, 0.2) is 12.1 Å². The lowest BCUT2D eigenvalue weighted by molar-refractivity contribution is 0.174. The topological polar surface area (TPSA) is 44.5 Å². The number of benzene rings is 1. The van der Waals surface area contributed by atoms with Gasteiger partial charge in [-0.3, -0.25) is 0 Å². The molecule has 82 valence electrons. The molecule has 15 heavy (non-hydrogen) atoms. The molecular formula is C12H17NO2. The Labute approximate surface area is 90.2 Å². The first-order chi connectivity index (χ1) is 6.96. The summed E-state index contributed by atoms with van der Waals surface area (Å²) in [4.78, 5) is 0. The molecule has 1 aliphatic rings. The predicted octanol–water partition coefficient (Wildman–Crippen LogP) is 2.00. The first-order valence-electron chi connectivity index (χ1n) is 5.14. The van der Waals surface area contributed by atoms with Gasteiger partial charge in [-0.15, -0.1) is 0 Å². The van der Waals surface area contributed by atoms with E-state index in [0.717, 1.165) is 17.9 Å². The maximum absolute atomic E-state index is 6.01. The molecule has 0 saturated carbocycles. The van der Waals surface area contributed by atoms with Crippen LogP contribution in [0.2, 0.25) is 0 Å². The summed E-state index contributed by atoms with van der Waals surface area (Å²) in [6.45, 7) is 6.45. The third kappa shape index (κ3) is 2.23. The lowest BCUT2D eigenvalue weighted by Gasteiger charge is -2.20. The van der Waals surface area contributed by atoms with Gasteiger partial charge in [0.2, 0.25) is 6.79 Å². The average molecular weight is 207 g/mol. The van der Waals surface area contributed by atoms with Crippen LogP contribution in [0, 0.1) is 6.92 Å². The number of fused-ring (bicyclic) bond motifs is 1. The summed E-state index contributed by atoms with van der Waals surface area (Å²) in [5.41, 5.74) is 8.25. The molecule has 0 bridgehead atoms. The predicted molar refractivity (Wildman–Crippen MR) is 59.3 cm³/mol. The summed E-state index contributed by atoms with van der Waals surface area (Å²) in [6, 6.07) is 4.05. The van der Waals surface area contributed by atoms with Crippen molar-refractivity contribution in [2.45, 2.75) is 32.7 Å². The normalized spacial score (nSPS) is 14.4. The zero-order chi connectivity index (χ0) is 11.1. The SMILES string of the molecule is Cc1cc2c(cc1CC(C)(C)N)OCO2. The van der Waals surface area contributed by atoms with Gasteiger partial charge in [-0.1, -0.05) is 0 Å². The Kier molecular flexibility index (Phi) is 2.35. The van der Waals surface area contributed by atoms with E-state index >= 15 is 0 Å². The Bertz CT molecular complexity index is 380. The number of hydrogen-bond donors (Lipinski definition) is 1. The fraction of sp³-hybridized carbons (Fsp3) is 0.500. The van der Waals surface area contributed by atoms with E-state index in [9.17, 15) is 0 Å². The molecule has 0 spiro atoms. The lowest BCUT2D eigenvalue weighted by Crippen LogP contribution is -2.34. The quantitative estimate of drug-likeness (QED) is 0.806. The molecule has 0 radical (unpaired) electrons. The molecule has 0 unspecified atom stereocenters. The van der Waals surface area contributed by atoms with Gasteiger partial charge < -0.3 is 15.2 Å². The highest BCUT2D eigenvalue weighted by Crippen LogP contribution is 2.35. The summed E-state index contributed by atoms with van der Waals surface area (Å²) in [5, 5.41) is 0. The molecule has 1 aromatic rings. The number of aryl methyl sites for hydroxylation is 1. The molecule has 0 fully saturated rings. The van der Waals surface area contributed by atoms with Crippen molar-refractivity contribution < 1.29 is 9.47 Å². The van der Waals surface area contributed by atoms with Crippen molar-refractivity contribution >= 4 is 0 Å². The van der Waals surface area contributed by atoms with Crippen molar-refractivity contribution in [3.8, 4) is 11.5 Å². The fourth-order valence-electron chi connectivity index (χ4n) is 1.77. The Hall–Kier alpha value is -1.22. The minimum absolute atomic E-state index is 0.196. The number of hydrogen-bond acceptors (Lipinski definition) is 3. The minimum atomic E-state index is -0.196. The monoisotopic (exact) mass is 207 g/mol. The van der Waals surface area contributed by atoms with Crippen LogP contribution in [-0.4, -0.2) is 12.3 Å². The molecule has 3 heteroatoms. The smallest absolute Gasteiger partial charge is 0.231 e. The maximum Gasteiger partial charge on any atom is 0.231 e. The first-order valence-corrected chi connectivity index (χ1v) is 5.14. The van der Waals surface area contributed by atoms with Gasteiger partial charge >= 0.3 is 0 Å². The van der Waals surface area contributed by atoms with Crippen molar-refractivity contribution in [3.05, 3.63) is 23.3 Å². The Morgan fingerprint density at radius 1 is 1.27 bits per heavy atom. The molecule has 1 aromatic carbocycles. The number of nitrogens with two attached hydrogens (primary N) is 1.